The van der Waals surface area contributed by atoms with Crippen LogP contribution in [0.15, 0.2) is 48.5 Å². The van der Waals surface area contributed by atoms with E-state index in [9.17, 15) is 4.39 Å². The Kier molecular flexibility index (Phi) is 5.39. The van der Waals surface area contributed by atoms with Crippen molar-refractivity contribution in [2.45, 2.75) is 12.5 Å². The Morgan fingerprint density at radius 3 is 2.35 bits per heavy atom. The molecule has 0 amide bonds. The van der Waals surface area contributed by atoms with Crippen molar-refractivity contribution in [2.75, 3.05) is 13.7 Å². The highest BCUT2D eigenvalue weighted by Gasteiger charge is 2.08. The maximum Gasteiger partial charge on any atom is 0.123 e. The molecule has 0 aromatic heterocycles. The molecule has 2 nitrogen and oxygen atoms in total. The molecule has 20 heavy (non-hydrogen) atoms. The summed E-state index contributed by atoms with van der Waals surface area (Å²) in [5, 5.41) is 3.89. The largest absolute Gasteiger partial charge is 0.492 e. The van der Waals surface area contributed by atoms with Gasteiger partial charge in [0.2, 0.25) is 0 Å². The summed E-state index contributed by atoms with van der Waals surface area (Å²) in [7, 11) is 1.89. The van der Waals surface area contributed by atoms with E-state index in [0.717, 1.165) is 17.7 Å². The Balaban J connectivity index is 1.88. The lowest BCUT2D eigenvalue weighted by atomic mass is 10.1. The first kappa shape index (κ1) is 14.8. The van der Waals surface area contributed by atoms with Crippen molar-refractivity contribution in [3.63, 3.8) is 0 Å². The Morgan fingerprint density at radius 2 is 1.75 bits per heavy atom. The molecule has 2 rings (SSSR count). The zero-order valence-electron chi connectivity index (χ0n) is 11.3. The molecule has 0 bridgehead atoms. The molecule has 1 unspecified atom stereocenters. The molecule has 0 aliphatic carbocycles. The highest BCUT2D eigenvalue weighted by Crippen LogP contribution is 2.16. The van der Waals surface area contributed by atoms with Gasteiger partial charge in [-0.2, -0.15) is 0 Å². The van der Waals surface area contributed by atoms with Gasteiger partial charge in [-0.15, -0.1) is 0 Å². The number of benzene rings is 2. The lowest BCUT2D eigenvalue weighted by Crippen LogP contribution is -2.33. The van der Waals surface area contributed by atoms with E-state index in [-0.39, 0.29) is 11.9 Å². The molecule has 2 aromatic rings. The van der Waals surface area contributed by atoms with Gasteiger partial charge in [-0.25, -0.2) is 4.39 Å². The molecule has 0 radical (unpaired) electrons. The van der Waals surface area contributed by atoms with Gasteiger partial charge in [-0.3, -0.25) is 0 Å². The summed E-state index contributed by atoms with van der Waals surface area (Å²) in [5.41, 5.74) is 1.07. The summed E-state index contributed by atoms with van der Waals surface area (Å²) in [5.74, 6) is 0.570. The molecule has 2 aromatic carbocycles. The first-order valence-corrected chi connectivity index (χ1v) is 6.85. The zero-order valence-corrected chi connectivity index (χ0v) is 12.0. The minimum absolute atomic E-state index is 0.163. The fourth-order valence-corrected chi connectivity index (χ4v) is 2.00. The summed E-state index contributed by atoms with van der Waals surface area (Å²) in [4.78, 5) is 0. The van der Waals surface area contributed by atoms with E-state index in [1.165, 1.54) is 12.1 Å². The van der Waals surface area contributed by atoms with E-state index in [4.69, 9.17) is 16.3 Å². The Morgan fingerprint density at radius 1 is 1.10 bits per heavy atom. The fourth-order valence-electron chi connectivity index (χ4n) is 1.88. The lowest BCUT2D eigenvalue weighted by Gasteiger charge is -2.17. The zero-order chi connectivity index (χ0) is 14.4. The summed E-state index contributed by atoms with van der Waals surface area (Å²) >= 11 is 5.82. The van der Waals surface area contributed by atoms with Crippen molar-refractivity contribution in [3.8, 4) is 5.75 Å². The van der Waals surface area contributed by atoms with Crippen LogP contribution < -0.4 is 10.1 Å². The average molecular weight is 294 g/mol. The van der Waals surface area contributed by atoms with Crippen LogP contribution in [0.3, 0.4) is 0 Å². The SMILES string of the molecule is CNC(COc1ccc(Cl)cc1)Cc1ccc(F)cc1. The van der Waals surface area contributed by atoms with Crippen LogP contribution in [0.2, 0.25) is 5.02 Å². The van der Waals surface area contributed by atoms with Crippen molar-refractivity contribution in [3.05, 3.63) is 64.9 Å². The van der Waals surface area contributed by atoms with E-state index < -0.39 is 0 Å². The summed E-state index contributed by atoms with van der Waals surface area (Å²) in [6.45, 7) is 0.537. The van der Waals surface area contributed by atoms with Crippen LogP contribution in [-0.4, -0.2) is 19.7 Å². The summed E-state index contributed by atoms with van der Waals surface area (Å²) < 4.78 is 18.6. The van der Waals surface area contributed by atoms with Crippen LogP contribution in [-0.2, 0) is 6.42 Å². The molecular weight excluding hydrogens is 277 g/mol. The number of halogens is 2. The molecule has 0 spiro atoms. The smallest absolute Gasteiger partial charge is 0.123 e. The van der Waals surface area contributed by atoms with E-state index in [2.05, 4.69) is 5.32 Å². The molecule has 0 saturated heterocycles. The lowest BCUT2D eigenvalue weighted by molar-refractivity contribution is 0.270. The van der Waals surface area contributed by atoms with Crippen molar-refractivity contribution in [1.29, 1.82) is 0 Å². The Hall–Kier alpha value is -1.58. The molecule has 0 saturated carbocycles. The van der Waals surface area contributed by atoms with Gasteiger partial charge >= 0.3 is 0 Å². The maximum absolute atomic E-state index is 12.9. The standard InChI is InChI=1S/C16H17ClFNO/c1-19-15(10-12-2-6-14(18)7-3-12)11-20-16-8-4-13(17)5-9-16/h2-9,15,19H,10-11H2,1H3. The molecule has 0 heterocycles. The van der Waals surface area contributed by atoms with Gasteiger partial charge in [0.1, 0.15) is 18.2 Å². The van der Waals surface area contributed by atoms with Gasteiger partial charge < -0.3 is 10.1 Å². The van der Waals surface area contributed by atoms with Gasteiger partial charge in [-0.05, 0) is 55.4 Å². The Bertz CT molecular complexity index is 527. The maximum atomic E-state index is 12.9. The molecule has 106 valence electrons. The van der Waals surface area contributed by atoms with E-state index in [1.807, 2.05) is 19.2 Å². The number of rotatable bonds is 6. The number of likely N-dealkylation sites (N-methyl/N-ethyl adjacent to an activating group) is 1. The predicted molar refractivity (Wildman–Crippen MR) is 79.9 cm³/mol. The van der Waals surface area contributed by atoms with Crippen LogP contribution in [0, 0.1) is 5.82 Å². The van der Waals surface area contributed by atoms with Gasteiger partial charge in [0.25, 0.3) is 0 Å². The van der Waals surface area contributed by atoms with Gasteiger partial charge in [0, 0.05) is 11.1 Å². The monoisotopic (exact) mass is 293 g/mol. The van der Waals surface area contributed by atoms with Crippen LogP contribution >= 0.6 is 11.6 Å². The summed E-state index contributed by atoms with van der Waals surface area (Å²) in [6.07, 6.45) is 0.782. The third kappa shape index (κ3) is 4.51. The minimum Gasteiger partial charge on any atom is -0.492 e. The van der Waals surface area contributed by atoms with E-state index >= 15 is 0 Å². The third-order valence-electron chi connectivity index (χ3n) is 3.07. The molecule has 0 aliphatic rings. The predicted octanol–water partition coefficient (Wildman–Crippen LogP) is 3.69. The molecule has 1 atom stereocenters. The second kappa shape index (κ2) is 7.27. The second-order valence-electron chi connectivity index (χ2n) is 4.58. The normalized spacial score (nSPS) is 12.2. The fraction of sp³-hybridized carbons (Fsp3) is 0.250. The third-order valence-corrected chi connectivity index (χ3v) is 3.32. The molecule has 0 aliphatic heterocycles. The van der Waals surface area contributed by atoms with Gasteiger partial charge in [0.15, 0.2) is 0 Å². The summed E-state index contributed by atoms with van der Waals surface area (Å²) in [6, 6.07) is 14.0. The van der Waals surface area contributed by atoms with Gasteiger partial charge in [-0.1, -0.05) is 23.7 Å². The number of nitrogens with one attached hydrogen (secondary N) is 1. The topological polar surface area (TPSA) is 21.3 Å². The quantitative estimate of drug-likeness (QED) is 0.877. The van der Waals surface area contributed by atoms with E-state index in [0.29, 0.717) is 11.6 Å². The molecular formula is C16H17ClFNO. The van der Waals surface area contributed by atoms with Crippen LogP contribution in [0.1, 0.15) is 5.56 Å². The number of hydrogen-bond acceptors (Lipinski definition) is 2. The highest BCUT2D eigenvalue weighted by atomic mass is 35.5. The van der Waals surface area contributed by atoms with Crippen molar-refractivity contribution in [1.82, 2.24) is 5.32 Å². The highest BCUT2D eigenvalue weighted by molar-refractivity contribution is 6.30. The second-order valence-corrected chi connectivity index (χ2v) is 5.02. The molecule has 1 N–H and O–H groups in total. The van der Waals surface area contributed by atoms with Crippen LogP contribution in [0.5, 0.6) is 5.75 Å². The average Bonchev–Trinajstić information content (AvgIpc) is 2.47. The van der Waals surface area contributed by atoms with Crippen LogP contribution in [0.25, 0.3) is 0 Å². The van der Waals surface area contributed by atoms with Crippen molar-refractivity contribution in [2.24, 2.45) is 0 Å². The number of ether oxygens (including phenoxy) is 1. The molecule has 4 heteroatoms. The first-order chi connectivity index (χ1) is 9.67. The Labute approximate surface area is 123 Å². The van der Waals surface area contributed by atoms with Crippen molar-refractivity contribution >= 4 is 11.6 Å². The van der Waals surface area contributed by atoms with E-state index in [1.54, 1.807) is 24.3 Å². The minimum atomic E-state index is -0.216. The van der Waals surface area contributed by atoms with Gasteiger partial charge in [0.05, 0.1) is 0 Å². The first-order valence-electron chi connectivity index (χ1n) is 6.47. The van der Waals surface area contributed by atoms with Crippen LogP contribution in [0.4, 0.5) is 4.39 Å². The number of hydrogen-bond donors (Lipinski definition) is 1. The molecule has 0 fully saturated rings. The van der Waals surface area contributed by atoms with Crippen molar-refractivity contribution < 1.29 is 9.13 Å².